The summed E-state index contributed by atoms with van der Waals surface area (Å²) in [5.41, 5.74) is 5.45. The molecule has 2 heterocycles. The Balaban J connectivity index is 1.33. The number of benzene rings is 3. The van der Waals surface area contributed by atoms with Crippen LogP contribution in [0.15, 0.2) is 85.1 Å². The summed E-state index contributed by atoms with van der Waals surface area (Å²) in [5, 5.41) is 8.50. The van der Waals surface area contributed by atoms with Crippen molar-refractivity contribution in [2.45, 2.75) is 6.42 Å². The molecule has 5 rings (SSSR count). The third kappa shape index (κ3) is 5.56. The zero-order valence-electron chi connectivity index (χ0n) is 19.7. The number of carbonyl (C=O) groups is 1. The van der Waals surface area contributed by atoms with Crippen LogP contribution < -0.4 is 10.2 Å². The fourth-order valence-corrected chi connectivity index (χ4v) is 4.43. The summed E-state index contributed by atoms with van der Waals surface area (Å²) in [6.45, 7) is 4.15. The summed E-state index contributed by atoms with van der Waals surface area (Å²) in [5.74, 6) is -0.0832. The summed E-state index contributed by atoms with van der Waals surface area (Å²) >= 11 is 6.09. The van der Waals surface area contributed by atoms with Crippen LogP contribution in [0.25, 0.3) is 16.9 Å². The first-order valence-corrected chi connectivity index (χ1v) is 12.2. The van der Waals surface area contributed by atoms with Crippen molar-refractivity contribution in [2.75, 3.05) is 43.4 Å². The second-order valence-electron chi connectivity index (χ2n) is 8.85. The number of halogens is 1. The van der Waals surface area contributed by atoms with Crippen LogP contribution >= 0.6 is 11.6 Å². The lowest BCUT2D eigenvalue weighted by molar-refractivity contribution is -0.115. The highest BCUT2D eigenvalue weighted by molar-refractivity contribution is 6.30. The van der Waals surface area contributed by atoms with Crippen molar-refractivity contribution in [1.82, 2.24) is 14.7 Å². The van der Waals surface area contributed by atoms with E-state index in [0.717, 1.165) is 54.4 Å². The topological polar surface area (TPSA) is 53.4 Å². The highest BCUT2D eigenvalue weighted by atomic mass is 35.5. The molecule has 0 atom stereocenters. The average molecular weight is 486 g/mol. The highest BCUT2D eigenvalue weighted by Gasteiger charge is 2.17. The zero-order valence-corrected chi connectivity index (χ0v) is 20.4. The molecule has 3 aromatic carbocycles. The van der Waals surface area contributed by atoms with Gasteiger partial charge in [0.05, 0.1) is 17.8 Å². The molecule has 6 nitrogen and oxygen atoms in total. The molecule has 0 aliphatic carbocycles. The number of hydrogen-bond donors (Lipinski definition) is 1. The second-order valence-corrected chi connectivity index (χ2v) is 9.29. The Morgan fingerprint density at radius 2 is 1.57 bits per heavy atom. The molecule has 0 spiro atoms. The van der Waals surface area contributed by atoms with Gasteiger partial charge in [0.25, 0.3) is 0 Å². The summed E-state index contributed by atoms with van der Waals surface area (Å²) in [6.07, 6.45) is 2.14. The van der Waals surface area contributed by atoms with Gasteiger partial charge in [-0.3, -0.25) is 4.79 Å². The maximum Gasteiger partial charge on any atom is 0.228 e. The van der Waals surface area contributed by atoms with Crippen molar-refractivity contribution >= 4 is 28.9 Å². The van der Waals surface area contributed by atoms with Crippen molar-refractivity contribution < 1.29 is 4.79 Å². The Kier molecular flexibility index (Phi) is 6.84. The van der Waals surface area contributed by atoms with Gasteiger partial charge in [-0.05, 0) is 55.6 Å². The molecule has 35 heavy (non-hydrogen) atoms. The number of piperazine rings is 1. The molecule has 1 aliphatic heterocycles. The van der Waals surface area contributed by atoms with Crippen LogP contribution in [-0.2, 0) is 11.2 Å². The van der Waals surface area contributed by atoms with E-state index in [9.17, 15) is 4.79 Å². The highest BCUT2D eigenvalue weighted by Crippen LogP contribution is 2.26. The van der Waals surface area contributed by atoms with E-state index in [2.05, 4.69) is 34.3 Å². The van der Waals surface area contributed by atoms with Gasteiger partial charge in [-0.15, -0.1) is 0 Å². The Bertz CT molecular complexity index is 1280. The number of nitrogens with zero attached hydrogens (tertiary/aromatic N) is 4. The van der Waals surface area contributed by atoms with E-state index in [1.165, 1.54) is 5.69 Å². The van der Waals surface area contributed by atoms with E-state index in [-0.39, 0.29) is 12.3 Å². The number of anilines is 2. The minimum atomic E-state index is -0.0832. The summed E-state index contributed by atoms with van der Waals surface area (Å²) in [6, 6.07) is 25.5. The molecule has 4 aromatic rings. The van der Waals surface area contributed by atoms with E-state index >= 15 is 0 Å². The van der Waals surface area contributed by atoms with Gasteiger partial charge in [-0.2, -0.15) is 5.10 Å². The Hall–Kier alpha value is -3.61. The number of rotatable bonds is 6. The quantitative estimate of drug-likeness (QED) is 0.411. The van der Waals surface area contributed by atoms with Crippen LogP contribution in [-0.4, -0.2) is 53.8 Å². The van der Waals surface area contributed by atoms with Crippen molar-refractivity contribution in [1.29, 1.82) is 0 Å². The smallest absolute Gasteiger partial charge is 0.228 e. The molecule has 1 fully saturated rings. The largest absolute Gasteiger partial charge is 0.369 e. The van der Waals surface area contributed by atoms with Crippen LogP contribution in [0.2, 0.25) is 5.02 Å². The van der Waals surface area contributed by atoms with Gasteiger partial charge in [0, 0.05) is 59.9 Å². The molecule has 0 radical (unpaired) electrons. The molecule has 1 N–H and O–H groups in total. The first-order valence-electron chi connectivity index (χ1n) is 11.8. The number of para-hydroxylation sites is 1. The third-order valence-corrected chi connectivity index (χ3v) is 6.55. The van der Waals surface area contributed by atoms with E-state index in [1.54, 1.807) is 0 Å². The van der Waals surface area contributed by atoms with Crippen LogP contribution in [0.4, 0.5) is 11.4 Å². The van der Waals surface area contributed by atoms with Crippen molar-refractivity contribution in [3.8, 4) is 16.9 Å². The van der Waals surface area contributed by atoms with Crippen molar-refractivity contribution in [2.24, 2.45) is 0 Å². The SMILES string of the molecule is CN1CCN(c2ccc(NC(=O)Cc3cn(-c4ccccc4)nc3-c3ccc(Cl)cc3)cc2)CC1. The van der Waals surface area contributed by atoms with Crippen LogP contribution in [0, 0.1) is 0 Å². The monoisotopic (exact) mass is 485 g/mol. The molecule has 0 unspecified atom stereocenters. The van der Waals surface area contributed by atoms with E-state index in [0.29, 0.717) is 5.02 Å². The number of hydrogen-bond acceptors (Lipinski definition) is 4. The Morgan fingerprint density at radius 1 is 0.886 bits per heavy atom. The third-order valence-electron chi connectivity index (χ3n) is 6.30. The summed E-state index contributed by atoms with van der Waals surface area (Å²) in [4.78, 5) is 17.7. The van der Waals surface area contributed by atoms with Gasteiger partial charge in [0.2, 0.25) is 5.91 Å². The van der Waals surface area contributed by atoms with Crippen molar-refractivity contribution in [3.63, 3.8) is 0 Å². The number of carbonyl (C=O) groups excluding carboxylic acids is 1. The van der Waals surface area contributed by atoms with E-state index in [4.69, 9.17) is 16.7 Å². The van der Waals surface area contributed by atoms with Crippen molar-refractivity contribution in [3.05, 3.63) is 95.6 Å². The lowest BCUT2D eigenvalue weighted by atomic mass is 10.1. The van der Waals surface area contributed by atoms with Gasteiger partial charge < -0.3 is 15.1 Å². The predicted octanol–water partition coefficient (Wildman–Crippen LogP) is 5.13. The zero-order chi connectivity index (χ0) is 24.2. The number of nitrogens with one attached hydrogen (secondary N) is 1. The molecule has 1 aliphatic rings. The maximum atomic E-state index is 13.0. The van der Waals surface area contributed by atoms with E-state index in [1.807, 2.05) is 77.6 Å². The second kappa shape index (κ2) is 10.3. The lowest BCUT2D eigenvalue weighted by Gasteiger charge is -2.34. The molecule has 1 saturated heterocycles. The van der Waals surface area contributed by atoms with E-state index < -0.39 is 0 Å². The average Bonchev–Trinajstić information content (AvgIpc) is 3.29. The predicted molar refractivity (Wildman–Crippen MR) is 142 cm³/mol. The first kappa shape index (κ1) is 23.1. The molecule has 1 amide bonds. The van der Waals surface area contributed by atoms with Crippen LogP contribution in [0.1, 0.15) is 5.56 Å². The number of aromatic nitrogens is 2. The fourth-order valence-electron chi connectivity index (χ4n) is 4.30. The minimum Gasteiger partial charge on any atom is -0.369 e. The molecule has 0 saturated carbocycles. The fraction of sp³-hybridized carbons (Fsp3) is 0.214. The lowest BCUT2D eigenvalue weighted by Crippen LogP contribution is -2.44. The van der Waals surface area contributed by atoms with Gasteiger partial charge in [-0.25, -0.2) is 4.68 Å². The van der Waals surface area contributed by atoms with Gasteiger partial charge in [-0.1, -0.05) is 41.9 Å². The molecule has 1 aromatic heterocycles. The first-order chi connectivity index (χ1) is 17.0. The molecule has 178 valence electrons. The summed E-state index contributed by atoms with van der Waals surface area (Å²) in [7, 11) is 2.15. The van der Waals surface area contributed by atoms with Gasteiger partial charge >= 0.3 is 0 Å². The Morgan fingerprint density at radius 3 is 2.26 bits per heavy atom. The standard InChI is InChI=1S/C28H28ClN5O/c1-32-15-17-33(18-16-32)25-13-11-24(12-14-25)30-27(35)19-22-20-34(26-5-3-2-4-6-26)31-28(22)21-7-9-23(29)10-8-21/h2-14,20H,15-19H2,1H3,(H,30,35). The van der Waals surface area contributed by atoms with Gasteiger partial charge in [0.1, 0.15) is 0 Å². The molecule has 0 bridgehead atoms. The minimum absolute atomic E-state index is 0.0832. The number of likely N-dealkylation sites (N-methyl/N-ethyl adjacent to an activating group) is 1. The van der Waals surface area contributed by atoms with Crippen LogP contribution in [0.3, 0.4) is 0 Å². The molecular formula is C28H28ClN5O. The summed E-state index contributed by atoms with van der Waals surface area (Å²) < 4.78 is 1.82. The molecule has 7 heteroatoms. The maximum absolute atomic E-state index is 13.0. The molecular weight excluding hydrogens is 458 g/mol. The number of amides is 1. The normalized spacial score (nSPS) is 14.2. The van der Waals surface area contributed by atoms with Gasteiger partial charge in [0.15, 0.2) is 0 Å². The van der Waals surface area contributed by atoms with Crippen LogP contribution in [0.5, 0.6) is 0 Å². The Labute approximate surface area is 210 Å².